The number of piperidine rings is 1. The third-order valence-electron chi connectivity index (χ3n) is 7.60. The molecular formula is C27H23FN4O6S2. The Morgan fingerprint density at radius 2 is 1.65 bits per heavy atom. The number of hydrogen-bond acceptors (Lipinski definition) is 8. The molecule has 13 heteroatoms. The average Bonchev–Trinajstić information content (AvgIpc) is 3.40. The van der Waals surface area contributed by atoms with E-state index in [1.807, 2.05) is 0 Å². The number of imide groups is 1. The number of amides is 3. The molecule has 6 rings (SSSR count). The SMILES string of the molecule is O=C(Cn1c2c(sc1=O)[C@H](c1ccc(F)cc1)C1C(=O)N(c3ccc([N+](=O)[O-])cc3)C(=O)C1S2)N1CCCCC1. The Bertz CT molecular complexity index is 1580. The maximum absolute atomic E-state index is 13.8. The van der Waals surface area contributed by atoms with Crippen molar-refractivity contribution >= 4 is 52.2 Å². The second-order valence-corrected chi connectivity index (χ2v) is 12.1. The highest BCUT2D eigenvalue weighted by Gasteiger charge is 2.56. The second-order valence-electron chi connectivity index (χ2n) is 9.94. The molecule has 2 fully saturated rings. The summed E-state index contributed by atoms with van der Waals surface area (Å²) < 4.78 is 15.2. The third kappa shape index (κ3) is 4.42. The summed E-state index contributed by atoms with van der Waals surface area (Å²) in [5.74, 6) is -3.28. The number of thioether (sulfide) groups is 1. The van der Waals surface area contributed by atoms with Gasteiger partial charge in [0.05, 0.1) is 21.6 Å². The predicted octanol–water partition coefficient (Wildman–Crippen LogP) is 3.77. The number of likely N-dealkylation sites (tertiary alicyclic amines) is 1. The highest BCUT2D eigenvalue weighted by molar-refractivity contribution is 8.00. The lowest BCUT2D eigenvalue weighted by Gasteiger charge is -2.31. The standard InChI is InChI=1S/C27H23FN4O6S2/c28-16-6-4-15(5-7-16)20-21-22(25(35)31(24(21)34)17-8-10-18(11-9-17)32(37)38)39-26-23(20)40-27(36)30(26)14-19(33)29-12-2-1-3-13-29/h4-11,20-22H,1-3,12-14H2/t20-,21?,22?/m1/s1. The van der Waals surface area contributed by atoms with E-state index in [1.165, 1.54) is 53.1 Å². The molecule has 2 unspecified atom stereocenters. The molecule has 3 aliphatic heterocycles. The molecule has 3 atom stereocenters. The Morgan fingerprint density at radius 3 is 2.30 bits per heavy atom. The van der Waals surface area contributed by atoms with Crippen LogP contribution in [0.25, 0.3) is 0 Å². The molecule has 10 nitrogen and oxygen atoms in total. The summed E-state index contributed by atoms with van der Waals surface area (Å²) >= 11 is 2.02. The molecule has 4 heterocycles. The molecule has 0 spiro atoms. The van der Waals surface area contributed by atoms with E-state index in [-0.39, 0.29) is 28.7 Å². The molecule has 0 bridgehead atoms. The molecule has 1 aromatic heterocycles. The minimum atomic E-state index is -0.907. The summed E-state index contributed by atoms with van der Waals surface area (Å²) in [6.07, 6.45) is 2.86. The van der Waals surface area contributed by atoms with E-state index in [4.69, 9.17) is 0 Å². The Labute approximate surface area is 235 Å². The topological polar surface area (TPSA) is 123 Å². The van der Waals surface area contributed by atoms with Gasteiger partial charge in [-0.05, 0) is 49.1 Å². The molecular weight excluding hydrogens is 559 g/mol. The van der Waals surface area contributed by atoms with Crippen molar-refractivity contribution in [3.63, 3.8) is 0 Å². The van der Waals surface area contributed by atoms with E-state index in [9.17, 15) is 33.7 Å². The van der Waals surface area contributed by atoms with E-state index in [1.54, 1.807) is 4.90 Å². The van der Waals surface area contributed by atoms with Crippen molar-refractivity contribution in [2.75, 3.05) is 18.0 Å². The lowest BCUT2D eigenvalue weighted by atomic mass is 9.83. The van der Waals surface area contributed by atoms with E-state index in [0.717, 1.165) is 47.3 Å². The van der Waals surface area contributed by atoms with Gasteiger partial charge in [-0.1, -0.05) is 35.2 Å². The number of non-ortho nitro benzene ring substituents is 1. The number of benzene rings is 2. The Balaban J connectivity index is 1.41. The zero-order chi connectivity index (χ0) is 28.1. The molecule has 0 radical (unpaired) electrons. The van der Waals surface area contributed by atoms with Gasteiger partial charge in [0.2, 0.25) is 17.7 Å². The number of carbonyl (C=O) groups excluding carboxylic acids is 3. The smallest absolute Gasteiger partial charge is 0.308 e. The number of hydrogen-bond donors (Lipinski definition) is 0. The van der Waals surface area contributed by atoms with Crippen molar-refractivity contribution in [3.8, 4) is 0 Å². The van der Waals surface area contributed by atoms with Gasteiger partial charge in [-0.25, -0.2) is 9.29 Å². The first-order valence-corrected chi connectivity index (χ1v) is 14.5. The van der Waals surface area contributed by atoms with E-state index in [0.29, 0.717) is 28.6 Å². The molecule has 0 aliphatic carbocycles. The van der Waals surface area contributed by atoms with Crippen LogP contribution in [0.4, 0.5) is 15.8 Å². The first-order chi connectivity index (χ1) is 19.2. The number of fused-ring (bicyclic) bond motifs is 2. The molecule has 2 saturated heterocycles. The van der Waals surface area contributed by atoms with Gasteiger partial charge in [-0.2, -0.15) is 0 Å². The number of nitrogens with zero attached hydrogens (tertiary/aromatic N) is 4. The monoisotopic (exact) mass is 582 g/mol. The van der Waals surface area contributed by atoms with Crippen LogP contribution in [0.2, 0.25) is 0 Å². The van der Waals surface area contributed by atoms with E-state index >= 15 is 0 Å². The van der Waals surface area contributed by atoms with Crippen LogP contribution in [0.5, 0.6) is 0 Å². The summed E-state index contributed by atoms with van der Waals surface area (Å²) in [4.78, 5) is 67.4. The first kappa shape index (κ1) is 26.4. The molecule has 0 N–H and O–H groups in total. The van der Waals surface area contributed by atoms with Crippen LogP contribution < -0.4 is 9.77 Å². The van der Waals surface area contributed by atoms with E-state index < -0.39 is 39.6 Å². The Kier molecular flexibility index (Phi) is 6.78. The van der Waals surface area contributed by atoms with Crippen molar-refractivity contribution in [2.45, 2.75) is 42.0 Å². The lowest BCUT2D eigenvalue weighted by molar-refractivity contribution is -0.384. The van der Waals surface area contributed by atoms with Gasteiger partial charge >= 0.3 is 4.87 Å². The van der Waals surface area contributed by atoms with Crippen molar-refractivity contribution < 1.29 is 23.7 Å². The zero-order valence-corrected chi connectivity index (χ0v) is 22.7. The predicted molar refractivity (Wildman–Crippen MR) is 146 cm³/mol. The number of nitro benzene ring substituents is 1. The van der Waals surface area contributed by atoms with Gasteiger partial charge in [-0.3, -0.25) is 33.9 Å². The molecule has 2 aromatic carbocycles. The zero-order valence-electron chi connectivity index (χ0n) is 21.0. The average molecular weight is 583 g/mol. The molecule has 3 aromatic rings. The number of carbonyl (C=O) groups is 3. The lowest BCUT2D eigenvalue weighted by Crippen LogP contribution is -2.39. The summed E-state index contributed by atoms with van der Waals surface area (Å²) in [6.45, 7) is 1.10. The molecule has 40 heavy (non-hydrogen) atoms. The number of halogens is 1. The summed E-state index contributed by atoms with van der Waals surface area (Å²) in [6, 6.07) is 10.8. The first-order valence-electron chi connectivity index (χ1n) is 12.8. The van der Waals surface area contributed by atoms with Crippen molar-refractivity contribution in [1.29, 1.82) is 0 Å². The van der Waals surface area contributed by atoms with Crippen molar-refractivity contribution in [2.24, 2.45) is 5.92 Å². The van der Waals surface area contributed by atoms with Gasteiger partial charge in [0.1, 0.15) is 17.6 Å². The minimum Gasteiger partial charge on any atom is -0.341 e. The maximum atomic E-state index is 13.8. The van der Waals surface area contributed by atoms with E-state index in [2.05, 4.69) is 0 Å². The van der Waals surface area contributed by atoms with Gasteiger partial charge in [-0.15, -0.1) is 0 Å². The maximum Gasteiger partial charge on any atom is 0.308 e. The Morgan fingerprint density at radius 1 is 0.975 bits per heavy atom. The molecule has 3 aliphatic rings. The number of rotatable bonds is 5. The van der Waals surface area contributed by atoms with Crippen LogP contribution >= 0.6 is 23.1 Å². The Hall–Kier alpha value is -3.84. The number of nitro groups is 1. The van der Waals surface area contributed by atoms with Gasteiger partial charge < -0.3 is 4.90 Å². The van der Waals surface area contributed by atoms with Crippen molar-refractivity contribution in [1.82, 2.24) is 9.47 Å². The van der Waals surface area contributed by atoms with Crippen LogP contribution in [-0.2, 0) is 20.9 Å². The van der Waals surface area contributed by atoms with Crippen LogP contribution in [0.1, 0.15) is 35.6 Å². The fraction of sp³-hybridized carbons (Fsp3) is 0.333. The van der Waals surface area contributed by atoms with Gasteiger partial charge in [0.15, 0.2) is 0 Å². The van der Waals surface area contributed by atoms with Gasteiger partial charge in [0.25, 0.3) is 5.69 Å². The minimum absolute atomic E-state index is 0.167. The highest BCUT2D eigenvalue weighted by Crippen LogP contribution is 2.53. The number of anilines is 1. The summed E-state index contributed by atoms with van der Waals surface area (Å²) in [5, 5.41) is 10.7. The number of thiazole rings is 1. The largest absolute Gasteiger partial charge is 0.341 e. The number of aromatic nitrogens is 1. The highest BCUT2D eigenvalue weighted by atomic mass is 32.2. The van der Waals surface area contributed by atoms with Crippen LogP contribution in [-0.4, -0.2) is 50.5 Å². The van der Waals surface area contributed by atoms with Crippen LogP contribution in [0.3, 0.4) is 0 Å². The fourth-order valence-corrected chi connectivity index (χ4v) is 8.41. The fourth-order valence-electron chi connectivity index (χ4n) is 5.64. The third-order valence-corrected chi connectivity index (χ3v) is 10.2. The second kappa shape index (κ2) is 10.3. The summed E-state index contributed by atoms with van der Waals surface area (Å²) in [5.41, 5.74) is 0.596. The quantitative estimate of drug-likeness (QED) is 0.255. The van der Waals surface area contributed by atoms with Crippen LogP contribution in [0.15, 0.2) is 58.4 Å². The van der Waals surface area contributed by atoms with Crippen LogP contribution in [0, 0.1) is 21.8 Å². The normalized spacial score (nSPS) is 22.3. The summed E-state index contributed by atoms with van der Waals surface area (Å²) in [7, 11) is 0. The van der Waals surface area contributed by atoms with Gasteiger partial charge in [0, 0.05) is 36.0 Å². The molecule has 3 amide bonds. The molecule has 0 saturated carbocycles. The molecule has 206 valence electrons. The van der Waals surface area contributed by atoms with Crippen molar-refractivity contribution in [3.05, 3.63) is 84.6 Å².